The minimum Gasteiger partial charge on any atom is -0.0623 e. The van der Waals surface area contributed by atoms with Gasteiger partial charge in [-0.1, -0.05) is 49.5 Å². The Balaban J connectivity index is 2.13. The van der Waals surface area contributed by atoms with Crippen molar-refractivity contribution in [2.45, 2.75) is 13.3 Å². The lowest BCUT2D eigenvalue weighted by molar-refractivity contribution is 0.873. The second-order valence-corrected chi connectivity index (χ2v) is 3.62. The molecule has 62 valence electrons. The molecule has 0 heteroatoms. The summed E-state index contributed by atoms with van der Waals surface area (Å²) < 4.78 is 0. The molecule has 0 N–H and O–H groups in total. The van der Waals surface area contributed by atoms with Crippen molar-refractivity contribution < 1.29 is 0 Å². The summed E-state index contributed by atoms with van der Waals surface area (Å²) >= 11 is 0. The van der Waals surface area contributed by atoms with E-state index in [1.165, 1.54) is 12.0 Å². The van der Waals surface area contributed by atoms with E-state index in [4.69, 9.17) is 0 Å². The van der Waals surface area contributed by atoms with Crippen molar-refractivity contribution in [2.75, 3.05) is 0 Å². The van der Waals surface area contributed by atoms with Gasteiger partial charge in [0.1, 0.15) is 0 Å². The second-order valence-electron chi connectivity index (χ2n) is 3.62. The van der Waals surface area contributed by atoms with Gasteiger partial charge in [0, 0.05) is 0 Å². The molecule has 0 heterocycles. The fourth-order valence-corrected chi connectivity index (χ4v) is 1.62. The Kier molecular flexibility index (Phi) is 1.99. The number of allylic oxidation sites excluding steroid dienone is 8. The van der Waals surface area contributed by atoms with E-state index in [9.17, 15) is 0 Å². The summed E-state index contributed by atoms with van der Waals surface area (Å²) in [5.41, 5.74) is 1.49. The molecule has 2 aliphatic rings. The van der Waals surface area contributed by atoms with Gasteiger partial charge < -0.3 is 0 Å². The molecule has 2 rings (SSSR count). The van der Waals surface area contributed by atoms with Crippen molar-refractivity contribution in [1.29, 1.82) is 0 Å². The zero-order valence-corrected chi connectivity index (χ0v) is 7.40. The van der Waals surface area contributed by atoms with E-state index in [1.807, 2.05) is 0 Å². The molecule has 1 saturated carbocycles. The van der Waals surface area contributed by atoms with Crippen molar-refractivity contribution in [3.05, 3.63) is 48.1 Å². The van der Waals surface area contributed by atoms with Crippen molar-refractivity contribution in [3.63, 3.8) is 0 Å². The molecule has 0 spiro atoms. The predicted molar refractivity (Wildman–Crippen MR) is 52.8 cm³/mol. The predicted octanol–water partition coefficient (Wildman–Crippen LogP) is 3.25. The van der Waals surface area contributed by atoms with Crippen molar-refractivity contribution in [3.8, 4) is 0 Å². The van der Waals surface area contributed by atoms with Crippen LogP contribution in [0, 0.1) is 11.8 Å². The van der Waals surface area contributed by atoms with Crippen LogP contribution in [0.5, 0.6) is 0 Å². The summed E-state index contributed by atoms with van der Waals surface area (Å²) in [6, 6.07) is 0. The molecule has 0 bridgehead atoms. The van der Waals surface area contributed by atoms with Crippen LogP contribution in [-0.4, -0.2) is 0 Å². The van der Waals surface area contributed by atoms with Gasteiger partial charge in [0.15, 0.2) is 0 Å². The van der Waals surface area contributed by atoms with E-state index in [-0.39, 0.29) is 0 Å². The molecule has 0 radical (unpaired) electrons. The van der Waals surface area contributed by atoms with E-state index >= 15 is 0 Å². The van der Waals surface area contributed by atoms with E-state index in [0.717, 1.165) is 11.8 Å². The van der Waals surface area contributed by atoms with Crippen molar-refractivity contribution >= 4 is 0 Å². The third-order valence-electron chi connectivity index (χ3n) is 2.56. The zero-order valence-electron chi connectivity index (χ0n) is 7.40. The lowest BCUT2D eigenvalue weighted by atomic mass is 10.1. The highest BCUT2D eigenvalue weighted by atomic mass is 14.4. The molecule has 2 aliphatic carbocycles. The van der Waals surface area contributed by atoms with E-state index in [2.05, 4.69) is 49.5 Å². The van der Waals surface area contributed by atoms with Crippen LogP contribution in [0.2, 0.25) is 0 Å². The first kappa shape index (κ1) is 7.60. The third kappa shape index (κ3) is 1.58. The van der Waals surface area contributed by atoms with Gasteiger partial charge in [0.2, 0.25) is 0 Å². The standard InChI is InChI=1S/C12H14/c1-10-9-12(10)11-7-5-3-2-4-6-8-11/h2-8,10,12H,9H2,1H3. The Morgan fingerprint density at radius 3 is 2.50 bits per heavy atom. The Hall–Kier alpha value is -1.04. The molecule has 0 aromatic heterocycles. The summed E-state index contributed by atoms with van der Waals surface area (Å²) in [6.07, 6.45) is 16.3. The van der Waals surface area contributed by atoms with Crippen LogP contribution in [0.15, 0.2) is 48.1 Å². The first-order valence-corrected chi connectivity index (χ1v) is 4.59. The normalized spacial score (nSPS) is 32.6. The first-order chi connectivity index (χ1) is 5.88. The summed E-state index contributed by atoms with van der Waals surface area (Å²) in [5.74, 6) is 1.73. The molecule has 12 heavy (non-hydrogen) atoms. The van der Waals surface area contributed by atoms with Crippen LogP contribution >= 0.6 is 0 Å². The molecule has 0 saturated heterocycles. The van der Waals surface area contributed by atoms with Crippen LogP contribution in [0.1, 0.15) is 13.3 Å². The Bertz CT molecular complexity index is 276. The van der Waals surface area contributed by atoms with Crippen LogP contribution in [0.4, 0.5) is 0 Å². The van der Waals surface area contributed by atoms with Gasteiger partial charge in [-0.2, -0.15) is 0 Å². The summed E-state index contributed by atoms with van der Waals surface area (Å²) in [5, 5.41) is 0. The van der Waals surface area contributed by atoms with E-state index < -0.39 is 0 Å². The fraction of sp³-hybridized carbons (Fsp3) is 0.333. The molecule has 0 aromatic carbocycles. The number of rotatable bonds is 1. The Morgan fingerprint density at radius 1 is 1.08 bits per heavy atom. The molecule has 0 nitrogen and oxygen atoms in total. The molecule has 0 aliphatic heterocycles. The van der Waals surface area contributed by atoms with E-state index in [1.54, 1.807) is 0 Å². The van der Waals surface area contributed by atoms with Crippen LogP contribution in [0.3, 0.4) is 0 Å². The minimum atomic E-state index is 0.831. The first-order valence-electron chi connectivity index (χ1n) is 4.59. The molecular formula is C12H14. The van der Waals surface area contributed by atoms with Gasteiger partial charge in [0.05, 0.1) is 0 Å². The second kappa shape index (κ2) is 3.14. The van der Waals surface area contributed by atoms with Gasteiger partial charge in [-0.3, -0.25) is 0 Å². The molecular weight excluding hydrogens is 144 g/mol. The highest BCUT2D eigenvalue weighted by Gasteiger charge is 2.34. The SMILES string of the molecule is CC1CC1C1=CC=CC=CC=C1. The maximum absolute atomic E-state index is 2.32. The monoisotopic (exact) mass is 158 g/mol. The van der Waals surface area contributed by atoms with Gasteiger partial charge in [0.25, 0.3) is 0 Å². The minimum absolute atomic E-state index is 0.831. The maximum Gasteiger partial charge on any atom is -0.0133 e. The molecule has 0 amide bonds. The Labute approximate surface area is 74.0 Å². The maximum atomic E-state index is 2.32. The lowest BCUT2D eigenvalue weighted by Crippen LogP contribution is -1.83. The average molecular weight is 158 g/mol. The molecule has 2 unspecified atom stereocenters. The van der Waals surface area contributed by atoms with Gasteiger partial charge in [-0.15, -0.1) is 0 Å². The zero-order chi connectivity index (χ0) is 8.39. The summed E-state index contributed by atoms with van der Waals surface area (Å²) in [4.78, 5) is 0. The number of hydrogen-bond acceptors (Lipinski definition) is 0. The van der Waals surface area contributed by atoms with E-state index in [0.29, 0.717) is 0 Å². The highest BCUT2D eigenvalue weighted by molar-refractivity contribution is 5.35. The number of hydrogen-bond donors (Lipinski definition) is 0. The van der Waals surface area contributed by atoms with Crippen LogP contribution < -0.4 is 0 Å². The van der Waals surface area contributed by atoms with Crippen LogP contribution in [0.25, 0.3) is 0 Å². The molecule has 1 fully saturated rings. The third-order valence-corrected chi connectivity index (χ3v) is 2.56. The lowest BCUT2D eigenvalue weighted by Gasteiger charge is -1.97. The highest BCUT2D eigenvalue weighted by Crippen LogP contribution is 2.44. The average Bonchev–Trinajstić information content (AvgIpc) is 2.65. The topological polar surface area (TPSA) is 0 Å². The quantitative estimate of drug-likeness (QED) is 0.549. The van der Waals surface area contributed by atoms with Gasteiger partial charge in [-0.25, -0.2) is 0 Å². The van der Waals surface area contributed by atoms with Crippen LogP contribution in [-0.2, 0) is 0 Å². The summed E-state index contributed by atoms with van der Waals surface area (Å²) in [6.45, 7) is 2.32. The smallest absolute Gasteiger partial charge is 0.0133 e. The molecule has 2 atom stereocenters. The van der Waals surface area contributed by atoms with Crippen molar-refractivity contribution in [2.24, 2.45) is 11.8 Å². The molecule has 0 aromatic rings. The fourth-order valence-electron chi connectivity index (χ4n) is 1.62. The van der Waals surface area contributed by atoms with Gasteiger partial charge >= 0.3 is 0 Å². The Morgan fingerprint density at radius 2 is 1.75 bits per heavy atom. The largest absolute Gasteiger partial charge is 0.0623 e. The summed E-state index contributed by atoms with van der Waals surface area (Å²) in [7, 11) is 0. The van der Waals surface area contributed by atoms with Gasteiger partial charge in [-0.05, 0) is 23.8 Å². The van der Waals surface area contributed by atoms with Crippen molar-refractivity contribution in [1.82, 2.24) is 0 Å².